The van der Waals surface area contributed by atoms with Gasteiger partial charge in [0.2, 0.25) is 5.91 Å². The number of benzene rings is 3. The van der Waals surface area contributed by atoms with E-state index in [1.54, 1.807) is 35.2 Å². The summed E-state index contributed by atoms with van der Waals surface area (Å²) in [4.78, 5) is 27.0. The molecule has 2 aliphatic rings. The minimum atomic E-state index is -0.937. The van der Waals surface area contributed by atoms with Gasteiger partial charge in [0.05, 0.1) is 12.0 Å². The Balaban J connectivity index is 1.46. The van der Waals surface area contributed by atoms with Crippen molar-refractivity contribution in [2.75, 3.05) is 6.61 Å². The zero-order chi connectivity index (χ0) is 25.9. The van der Waals surface area contributed by atoms with Crippen LogP contribution in [0, 0.1) is 17.7 Å². The predicted molar refractivity (Wildman–Crippen MR) is 141 cm³/mol. The number of hydrogen-bond acceptors (Lipinski definition) is 6. The zero-order valence-electron chi connectivity index (χ0n) is 20.4. The van der Waals surface area contributed by atoms with E-state index in [9.17, 15) is 19.9 Å². The molecular formula is C30H28N2O5. The number of phenolic OH excluding ortho intramolecular Hbond substituents is 2. The summed E-state index contributed by atoms with van der Waals surface area (Å²) in [5.41, 5.74) is 3.82. The number of amides is 1. The number of likely N-dealkylation sites (tertiary alicyclic amines) is 1. The van der Waals surface area contributed by atoms with Crippen molar-refractivity contribution >= 4 is 5.91 Å². The summed E-state index contributed by atoms with van der Waals surface area (Å²) in [5, 5.41) is 24.2. The van der Waals surface area contributed by atoms with Gasteiger partial charge in [-0.05, 0) is 67.3 Å². The molecule has 1 amide bonds. The Kier molecular flexibility index (Phi) is 6.77. The van der Waals surface area contributed by atoms with Crippen molar-refractivity contribution in [3.05, 3.63) is 107 Å². The zero-order valence-corrected chi connectivity index (χ0v) is 20.4. The SMILES string of the molecule is Cc1ccc(OCC(N=O)C2C(=O)N(C3=CCCC=C3)C2c2ccc(-c3cccc(O)c3)cc2O)cc1. The van der Waals surface area contributed by atoms with E-state index in [0.29, 0.717) is 11.3 Å². The predicted octanol–water partition coefficient (Wildman–Crippen LogP) is 6.02. The molecule has 3 aromatic rings. The molecule has 3 atom stereocenters. The van der Waals surface area contributed by atoms with E-state index >= 15 is 0 Å². The van der Waals surface area contributed by atoms with Crippen LogP contribution >= 0.6 is 0 Å². The van der Waals surface area contributed by atoms with Crippen molar-refractivity contribution < 1.29 is 19.7 Å². The molecule has 2 N–H and O–H groups in total. The smallest absolute Gasteiger partial charge is 0.235 e. The topological polar surface area (TPSA) is 99.4 Å². The van der Waals surface area contributed by atoms with E-state index in [0.717, 1.165) is 35.2 Å². The first-order chi connectivity index (χ1) is 18.0. The van der Waals surface area contributed by atoms with Gasteiger partial charge in [-0.3, -0.25) is 4.79 Å². The van der Waals surface area contributed by atoms with Gasteiger partial charge in [-0.1, -0.05) is 59.3 Å². The summed E-state index contributed by atoms with van der Waals surface area (Å²) in [6.45, 7) is 1.92. The molecule has 7 nitrogen and oxygen atoms in total. The first-order valence-electron chi connectivity index (χ1n) is 12.3. The molecule has 0 bridgehead atoms. The fraction of sp³-hybridized carbons (Fsp3) is 0.233. The lowest BCUT2D eigenvalue weighted by Gasteiger charge is -2.49. The van der Waals surface area contributed by atoms with Crippen molar-refractivity contribution in [3.8, 4) is 28.4 Å². The largest absolute Gasteiger partial charge is 0.508 e. The second kappa shape index (κ2) is 10.3. The quantitative estimate of drug-likeness (QED) is 0.293. The van der Waals surface area contributed by atoms with Gasteiger partial charge in [-0.25, -0.2) is 0 Å². The highest BCUT2D eigenvalue weighted by Crippen LogP contribution is 2.49. The van der Waals surface area contributed by atoms with Crippen molar-refractivity contribution in [2.24, 2.45) is 11.1 Å². The summed E-state index contributed by atoms with van der Waals surface area (Å²) in [6.07, 6.45) is 7.60. The molecule has 0 spiro atoms. The standard InChI is InChI=1S/C30H28N2O5/c1-19-10-13-24(14-11-19)37-18-26(31-36)28-29(32(30(28)35)22-7-3-2-4-8-22)25-15-12-21(17-27(25)34)20-6-5-9-23(33)16-20/h3,5-17,26,28-29,33-34H,2,4,18H2,1H3. The van der Waals surface area contributed by atoms with Crippen LogP contribution in [-0.2, 0) is 4.79 Å². The number of aromatic hydroxyl groups is 2. The lowest BCUT2D eigenvalue weighted by molar-refractivity contribution is -0.154. The normalized spacial score (nSPS) is 19.6. The molecule has 188 valence electrons. The Bertz CT molecular complexity index is 1380. The molecule has 1 saturated heterocycles. The molecule has 1 fully saturated rings. The van der Waals surface area contributed by atoms with Crippen LogP contribution in [0.1, 0.15) is 30.0 Å². The minimum Gasteiger partial charge on any atom is -0.508 e. The van der Waals surface area contributed by atoms with Crippen molar-refractivity contribution in [2.45, 2.75) is 31.8 Å². The van der Waals surface area contributed by atoms with Gasteiger partial charge < -0.3 is 19.8 Å². The number of ether oxygens (including phenoxy) is 1. The number of hydrogen-bond donors (Lipinski definition) is 2. The highest BCUT2D eigenvalue weighted by molar-refractivity contribution is 5.90. The van der Waals surface area contributed by atoms with Gasteiger partial charge in [0.25, 0.3) is 0 Å². The maximum atomic E-state index is 13.4. The highest BCUT2D eigenvalue weighted by Gasteiger charge is 2.54. The Hall–Kier alpha value is -4.39. The molecule has 1 aliphatic carbocycles. The van der Waals surface area contributed by atoms with Crippen LogP contribution in [0.25, 0.3) is 11.1 Å². The summed E-state index contributed by atoms with van der Waals surface area (Å²) in [6, 6.07) is 17.9. The van der Waals surface area contributed by atoms with Gasteiger partial charge >= 0.3 is 0 Å². The van der Waals surface area contributed by atoms with E-state index in [4.69, 9.17) is 4.74 Å². The second-order valence-electron chi connectivity index (χ2n) is 9.41. The first kappa shape index (κ1) is 24.3. The average molecular weight is 497 g/mol. The third-order valence-corrected chi connectivity index (χ3v) is 6.91. The van der Waals surface area contributed by atoms with Crippen molar-refractivity contribution in [1.29, 1.82) is 0 Å². The third-order valence-electron chi connectivity index (χ3n) is 6.91. The summed E-state index contributed by atoms with van der Waals surface area (Å²) in [5.74, 6) is -0.289. The van der Waals surface area contributed by atoms with Crippen LogP contribution in [0.4, 0.5) is 0 Å². The fourth-order valence-electron chi connectivity index (χ4n) is 4.96. The average Bonchev–Trinajstić information content (AvgIpc) is 2.91. The lowest BCUT2D eigenvalue weighted by atomic mass is 9.76. The maximum Gasteiger partial charge on any atom is 0.235 e. The molecule has 0 aromatic heterocycles. The number of nitrogens with zero attached hydrogens (tertiary/aromatic N) is 2. The summed E-state index contributed by atoms with van der Waals surface area (Å²) >= 11 is 0. The molecule has 1 heterocycles. The van der Waals surface area contributed by atoms with Crippen molar-refractivity contribution in [3.63, 3.8) is 0 Å². The number of carbonyl (C=O) groups is 1. The molecule has 3 unspecified atom stereocenters. The van der Waals surface area contributed by atoms with Crippen LogP contribution < -0.4 is 4.74 Å². The highest BCUT2D eigenvalue weighted by atomic mass is 16.5. The monoisotopic (exact) mass is 496 g/mol. The van der Waals surface area contributed by atoms with Gasteiger partial charge in [-0.15, -0.1) is 0 Å². The van der Waals surface area contributed by atoms with Crippen LogP contribution in [-0.4, -0.2) is 33.7 Å². The number of aryl methyl sites for hydroxylation is 1. The Morgan fingerprint density at radius 2 is 1.81 bits per heavy atom. The molecule has 1 aliphatic heterocycles. The van der Waals surface area contributed by atoms with Crippen molar-refractivity contribution in [1.82, 2.24) is 4.90 Å². The van der Waals surface area contributed by atoms with Crippen LogP contribution in [0.3, 0.4) is 0 Å². The number of β-lactam (4-membered cyclic amide) rings is 1. The number of nitroso groups, excluding NO2 is 1. The van der Waals surface area contributed by atoms with E-state index < -0.39 is 18.0 Å². The van der Waals surface area contributed by atoms with E-state index in [-0.39, 0.29) is 24.0 Å². The molecule has 0 radical (unpaired) electrons. The minimum absolute atomic E-state index is 0.00201. The first-order valence-corrected chi connectivity index (χ1v) is 12.3. The van der Waals surface area contributed by atoms with Gasteiger partial charge in [-0.2, -0.15) is 4.91 Å². The van der Waals surface area contributed by atoms with Gasteiger partial charge in [0.1, 0.15) is 29.9 Å². The number of phenols is 2. The number of allylic oxidation sites excluding steroid dienone is 3. The number of carbonyl (C=O) groups excluding carboxylic acids is 1. The molecule has 37 heavy (non-hydrogen) atoms. The van der Waals surface area contributed by atoms with E-state index in [2.05, 4.69) is 5.18 Å². The molecule has 5 rings (SSSR count). The van der Waals surface area contributed by atoms with Crippen LogP contribution in [0.15, 0.2) is 95.8 Å². The van der Waals surface area contributed by atoms with E-state index in [1.165, 1.54) is 0 Å². The molecular weight excluding hydrogens is 468 g/mol. The third kappa shape index (κ3) is 4.85. The summed E-state index contributed by atoms with van der Waals surface area (Å²) < 4.78 is 5.82. The maximum absolute atomic E-state index is 13.4. The fourth-order valence-corrected chi connectivity index (χ4v) is 4.96. The Morgan fingerprint density at radius 1 is 1.03 bits per heavy atom. The lowest BCUT2D eigenvalue weighted by Crippen LogP contribution is -2.58. The number of rotatable bonds is 8. The van der Waals surface area contributed by atoms with Gasteiger partial charge in [0.15, 0.2) is 0 Å². The van der Waals surface area contributed by atoms with E-state index in [1.807, 2.05) is 61.5 Å². The van der Waals surface area contributed by atoms with Crippen LogP contribution in [0.2, 0.25) is 0 Å². The van der Waals surface area contributed by atoms with Gasteiger partial charge in [0, 0.05) is 11.3 Å². The Labute approximate surface area is 215 Å². The van der Waals surface area contributed by atoms with Crippen LogP contribution in [0.5, 0.6) is 17.2 Å². The second-order valence-corrected chi connectivity index (χ2v) is 9.41. The Morgan fingerprint density at radius 3 is 2.49 bits per heavy atom. The molecule has 7 heteroatoms. The summed E-state index contributed by atoms with van der Waals surface area (Å²) in [7, 11) is 0. The molecule has 3 aromatic carbocycles. The molecule has 0 saturated carbocycles.